The third-order valence-electron chi connectivity index (χ3n) is 6.39. The molecule has 40 heavy (non-hydrogen) atoms. The first-order chi connectivity index (χ1) is 18.7. The minimum atomic E-state index is -4.95. The number of halogens is 8. The van der Waals surface area contributed by atoms with Crippen molar-refractivity contribution in [1.82, 2.24) is 14.9 Å². The maximum absolute atomic E-state index is 14.2. The van der Waals surface area contributed by atoms with Gasteiger partial charge in [-0.25, -0.2) is 22.5 Å². The Morgan fingerprint density at radius 2 is 1.85 bits per heavy atom. The minimum absolute atomic E-state index is 0.00351. The van der Waals surface area contributed by atoms with Gasteiger partial charge in [0, 0.05) is 27.4 Å². The van der Waals surface area contributed by atoms with Crippen LogP contribution in [0.2, 0.25) is 5.02 Å². The van der Waals surface area contributed by atoms with E-state index < -0.39 is 59.8 Å². The summed E-state index contributed by atoms with van der Waals surface area (Å²) in [5, 5.41) is 5.02. The predicted molar refractivity (Wildman–Crippen MR) is 131 cm³/mol. The van der Waals surface area contributed by atoms with Crippen LogP contribution in [0.1, 0.15) is 49.3 Å². The van der Waals surface area contributed by atoms with Crippen molar-refractivity contribution >= 4 is 40.1 Å². The molecule has 1 unspecified atom stereocenters. The number of imidazole rings is 1. The monoisotopic (exact) mass is 584 g/mol. The first-order valence-electron chi connectivity index (χ1n) is 11.5. The van der Waals surface area contributed by atoms with Crippen LogP contribution in [0.4, 0.5) is 36.4 Å². The Morgan fingerprint density at radius 3 is 2.52 bits per heavy atom. The van der Waals surface area contributed by atoms with E-state index in [1.54, 1.807) is 0 Å². The highest BCUT2D eigenvalue weighted by Gasteiger charge is 2.38. The predicted octanol–water partition coefficient (Wildman–Crippen LogP) is 6.65. The Morgan fingerprint density at radius 1 is 1.12 bits per heavy atom. The highest BCUT2D eigenvalue weighted by molar-refractivity contribution is 6.31. The number of nitrogens with one attached hydrogen (secondary N) is 2. The van der Waals surface area contributed by atoms with Gasteiger partial charge in [0.2, 0.25) is 0 Å². The molecule has 1 aliphatic rings. The number of aryl methyl sites for hydroxylation is 1. The number of alkyl halides is 5. The van der Waals surface area contributed by atoms with Crippen molar-refractivity contribution in [2.24, 2.45) is 0 Å². The average molecular weight is 585 g/mol. The van der Waals surface area contributed by atoms with Crippen LogP contribution in [0, 0.1) is 18.6 Å². The first-order valence-corrected chi connectivity index (χ1v) is 11.9. The molecular formula is C26H16ClF7N4O2. The van der Waals surface area contributed by atoms with Crippen LogP contribution in [0.25, 0.3) is 11.0 Å². The summed E-state index contributed by atoms with van der Waals surface area (Å²) < 4.78 is 95.7. The van der Waals surface area contributed by atoms with E-state index >= 15 is 0 Å². The molecule has 3 aromatic carbocycles. The van der Waals surface area contributed by atoms with Crippen LogP contribution >= 0.6 is 11.6 Å². The number of benzene rings is 3. The molecule has 5 rings (SSSR count). The van der Waals surface area contributed by atoms with Gasteiger partial charge in [0.1, 0.15) is 23.0 Å². The molecule has 14 heteroatoms. The number of anilines is 1. The zero-order valence-corrected chi connectivity index (χ0v) is 20.9. The van der Waals surface area contributed by atoms with Crippen LogP contribution < -0.4 is 10.6 Å². The van der Waals surface area contributed by atoms with Crippen molar-refractivity contribution < 1.29 is 40.3 Å². The number of carbonyl (C=O) groups excluding carboxylic acids is 2. The molecule has 1 atom stereocenters. The van der Waals surface area contributed by atoms with Crippen molar-refractivity contribution in [1.29, 1.82) is 0 Å². The minimum Gasteiger partial charge on any atom is -0.341 e. The van der Waals surface area contributed by atoms with Gasteiger partial charge < -0.3 is 15.2 Å². The molecule has 208 valence electrons. The molecule has 0 saturated heterocycles. The topological polar surface area (TPSA) is 76.0 Å². The number of amides is 2. The lowest BCUT2D eigenvalue weighted by Gasteiger charge is -2.19. The Labute approximate surface area is 225 Å². The molecule has 1 aromatic heterocycles. The summed E-state index contributed by atoms with van der Waals surface area (Å²) in [5.74, 6) is -3.85. The van der Waals surface area contributed by atoms with Gasteiger partial charge in [-0.05, 0) is 49.4 Å². The third kappa shape index (κ3) is 4.85. The van der Waals surface area contributed by atoms with E-state index in [0.29, 0.717) is 12.1 Å². The number of hydrogen-bond donors (Lipinski definition) is 2. The Hall–Kier alpha value is -4.13. The average Bonchev–Trinajstić information content (AvgIpc) is 3.36. The van der Waals surface area contributed by atoms with Crippen LogP contribution in [0.3, 0.4) is 0 Å². The van der Waals surface area contributed by atoms with Crippen LogP contribution in [0.5, 0.6) is 0 Å². The van der Waals surface area contributed by atoms with Crippen molar-refractivity contribution in [3.8, 4) is 0 Å². The second kappa shape index (κ2) is 9.81. The van der Waals surface area contributed by atoms with Gasteiger partial charge in [0.25, 0.3) is 18.2 Å². The number of nitrogens with zero attached hydrogens (tertiary/aromatic N) is 2. The lowest BCUT2D eigenvalue weighted by molar-refractivity contribution is -0.137. The molecule has 0 bridgehead atoms. The highest BCUT2D eigenvalue weighted by atomic mass is 35.5. The summed E-state index contributed by atoms with van der Waals surface area (Å²) >= 11 is 6.27. The first kappa shape index (κ1) is 27.4. The largest absolute Gasteiger partial charge is 0.416 e. The van der Waals surface area contributed by atoms with Gasteiger partial charge in [-0.1, -0.05) is 11.6 Å². The molecule has 0 radical (unpaired) electrons. The van der Waals surface area contributed by atoms with Crippen LogP contribution in [-0.4, -0.2) is 27.8 Å². The quantitative estimate of drug-likeness (QED) is 0.258. The molecule has 6 nitrogen and oxygen atoms in total. The second-order valence-electron chi connectivity index (χ2n) is 8.99. The van der Waals surface area contributed by atoms with E-state index in [2.05, 4.69) is 15.6 Å². The zero-order chi connectivity index (χ0) is 29.1. The fourth-order valence-electron chi connectivity index (χ4n) is 4.71. The molecule has 2 amide bonds. The zero-order valence-electron chi connectivity index (χ0n) is 20.1. The summed E-state index contributed by atoms with van der Waals surface area (Å²) in [6.45, 7) is 0.611. The molecule has 0 saturated carbocycles. The molecule has 1 aliphatic heterocycles. The van der Waals surface area contributed by atoms with Gasteiger partial charge in [-0.15, -0.1) is 0 Å². The molecule has 2 N–H and O–H groups in total. The molecule has 0 aliphatic carbocycles. The third-order valence-corrected chi connectivity index (χ3v) is 6.74. The summed E-state index contributed by atoms with van der Waals surface area (Å²) in [6.07, 6.45) is -7.77. The SMILES string of the molecule is Cc1nc2c3c(c(NC(=O)c4cc(F)cc(C(F)(F)F)c4)cc2n1CC(F)F)C(c1cc(F)ccc1Cl)NC3=O. The molecule has 4 aromatic rings. The van der Waals surface area contributed by atoms with E-state index in [0.717, 1.165) is 16.7 Å². The number of fused-ring (bicyclic) bond motifs is 3. The second-order valence-corrected chi connectivity index (χ2v) is 9.40. The summed E-state index contributed by atoms with van der Waals surface area (Å²) in [7, 11) is 0. The Bertz CT molecular complexity index is 1700. The normalized spacial score (nSPS) is 15.1. The molecule has 2 heterocycles. The fraction of sp³-hybridized carbons (Fsp3) is 0.192. The van der Waals surface area contributed by atoms with Gasteiger partial charge >= 0.3 is 6.18 Å². The van der Waals surface area contributed by atoms with Gasteiger partial charge in [0.05, 0.1) is 29.2 Å². The fourth-order valence-corrected chi connectivity index (χ4v) is 4.94. The number of hydrogen-bond acceptors (Lipinski definition) is 3. The maximum atomic E-state index is 14.2. The molecule has 0 fully saturated rings. The highest BCUT2D eigenvalue weighted by Crippen LogP contribution is 2.43. The van der Waals surface area contributed by atoms with E-state index in [9.17, 15) is 40.3 Å². The number of rotatable bonds is 5. The van der Waals surface area contributed by atoms with E-state index in [1.165, 1.54) is 19.1 Å². The Kier molecular flexibility index (Phi) is 6.73. The van der Waals surface area contributed by atoms with Crippen LogP contribution in [0.15, 0.2) is 42.5 Å². The van der Waals surface area contributed by atoms with E-state index in [-0.39, 0.29) is 50.3 Å². The van der Waals surface area contributed by atoms with E-state index in [4.69, 9.17) is 11.6 Å². The van der Waals surface area contributed by atoms with Crippen molar-refractivity contribution in [3.05, 3.63) is 92.8 Å². The van der Waals surface area contributed by atoms with Gasteiger partial charge in [-0.2, -0.15) is 13.2 Å². The van der Waals surface area contributed by atoms with Gasteiger partial charge in [0.15, 0.2) is 0 Å². The maximum Gasteiger partial charge on any atom is 0.416 e. The van der Waals surface area contributed by atoms with E-state index in [1.807, 2.05) is 0 Å². The van der Waals surface area contributed by atoms with Crippen molar-refractivity contribution in [2.75, 3.05) is 5.32 Å². The van der Waals surface area contributed by atoms with Crippen molar-refractivity contribution in [3.63, 3.8) is 0 Å². The molecule has 0 spiro atoms. The lowest BCUT2D eigenvalue weighted by Crippen LogP contribution is -2.21. The summed E-state index contributed by atoms with van der Waals surface area (Å²) in [6, 6.07) is 4.65. The standard InChI is InChI=1S/C26H16ClF7N4O2/c1-10-35-23-18(38(10)9-19(30)31)8-17(36-24(39)11-4-12(26(32,33)34)6-14(29)5-11)20-21(23)25(40)37-22(20)15-7-13(28)2-3-16(15)27/h2-8,19,22H,9H2,1H3,(H,36,39)(H,37,40). The van der Waals surface area contributed by atoms with Crippen LogP contribution in [-0.2, 0) is 12.7 Å². The van der Waals surface area contributed by atoms with Gasteiger partial charge in [-0.3, -0.25) is 9.59 Å². The summed E-state index contributed by atoms with van der Waals surface area (Å²) in [5.41, 5.74) is -2.31. The number of aromatic nitrogens is 2. The Balaban J connectivity index is 1.72. The molecular weight excluding hydrogens is 569 g/mol. The number of carbonyl (C=O) groups is 2. The smallest absolute Gasteiger partial charge is 0.341 e. The van der Waals surface area contributed by atoms with Crippen molar-refractivity contribution in [2.45, 2.75) is 32.1 Å². The lowest BCUT2D eigenvalue weighted by atomic mass is 9.95. The summed E-state index contributed by atoms with van der Waals surface area (Å²) in [4.78, 5) is 30.6.